The first-order chi connectivity index (χ1) is 12.5. The lowest BCUT2D eigenvalue weighted by atomic mass is 10.1. The number of piperazine rings is 1. The number of nitrogens with zero attached hydrogens (tertiary/aromatic N) is 3. The molecule has 0 unspecified atom stereocenters. The van der Waals surface area contributed by atoms with Crippen molar-refractivity contribution >= 4 is 10.0 Å². The zero-order valence-electron chi connectivity index (χ0n) is 15.1. The number of fused-ring (bicyclic) bond motifs is 1. The molecule has 2 aliphatic heterocycles. The molecule has 2 atom stereocenters. The number of ether oxygens (including phenoxy) is 1. The van der Waals surface area contributed by atoms with E-state index < -0.39 is 10.0 Å². The number of benzene rings is 1. The van der Waals surface area contributed by atoms with Crippen molar-refractivity contribution < 1.29 is 13.2 Å². The lowest BCUT2D eigenvalue weighted by molar-refractivity contribution is 0.119. The first kappa shape index (κ1) is 17.5. The van der Waals surface area contributed by atoms with Gasteiger partial charge in [0.15, 0.2) is 0 Å². The van der Waals surface area contributed by atoms with Crippen molar-refractivity contribution in [1.29, 1.82) is 0 Å². The quantitative estimate of drug-likeness (QED) is 0.880. The summed E-state index contributed by atoms with van der Waals surface area (Å²) < 4.78 is 33.7. The van der Waals surface area contributed by atoms with E-state index in [9.17, 15) is 8.42 Å². The van der Waals surface area contributed by atoms with E-state index in [1.807, 2.05) is 6.92 Å². The van der Waals surface area contributed by atoms with Crippen LogP contribution in [0.5, 0.6) is 5.75 Å². The zero-order chi connectivity index (χ0) is 18.3. The molecule has 0 spiro atoms. The van der Waals surface area contributed by atoms with Gasteiger partial charge in [0.05, 0.1) is 10.9 Å². The monoisotopic (exact) mass is 376 g/mol. The molecule has 2 aromatic rings. The average Bonchev–Trinajstić information content (AvgIpc) is 3.28. The molecule has 0 saturated carbocycles. The van der Waals surface area contributed by atoms with Crippen LogP contribution < -0.4 is 4.74 Å². The maximum absolute atomic E-state index is 13.2. The molecule has 0 aliphatic carbocycles. The van der Waals surface area contributed by atoms with Gasteiger partial charge in [0, 0.05) is 38.4 Å². The second kappa shape index (κ2) is 6.68. The Morgan fingerprint density at radius 2 is 2.19 bits per heavy atom. The SMILES string of the molecule is CCN1CCN(S(=O)(=O)c2ccc3c(c2)C[C@@H](C)O3)C[C@H]1c1ncc[nH]1. The van der Waals surface area contributed by atoms with Gasteiger partial charge in [0.1, 0.15) is 17.7 Å². The summed E-state index contributed by atoms with van der Waals surface area (Å²) in [7, 11) is -3.55. The molecule has 7 nitrogen and oxygen atoms in total. The summed E-state index contributed by atoms with van der Waals surface area (Å²) in [5.41, 5.74) is 0.966. The predicted molar refractivity (Wildman–Crippen MR) is 97.6 cm³/mol. The highest BCUT2D eigenvalue weighted by Gasteiger charge is 2.36. The van der Waals surface area contributed by atoms with E-state index in [0.717, 1.165) is 30.1 Å². The van der Waals surface area contributed by atoms with E-state index in [1.165, 1.54) is 0 Å². The second-order valence-corrected chi connectivity index (χ2v) is 8.82. The minimum Gasteiger partial charge on any atom is -0.490 e. The van der Waals surface area contributed by atoms with E-state index in [4.69, 9.17) is 4.74 Å². The topological polar surface area (TPSA) is 78.5 Å². The van der Waals surface area contributed by atoms with Gasteiger partial charge in [-0.3, -0.25) is 4.90 Å². The third kappa shape index (κ3) is 3.02. The van der Waals surface area contributed by atoms with Crippen molar-refractivity contribution in [1.82, 2.24) is 19.2 Å². The molecule has 1 saturated heterocycles. The van der Waals surface area contributed by atoms with Gasteiger partial charge >= 0.3 is 0 Å². The third-order valence-corrected chi connectivity index (χ3v) is 7.06. The van der Waals surface area contributed by atoms with Crippen LogP contribution in [0.3, 0.4) is 0 Å². The average molecular weight is 376 g/mol. The van der Waals surface area contributed by atoms with Crippen LogP contribution in [0, 0.1) is 0 Å². The minimum absolute atomic E-state index is 0.0590. The smallest absolute Gasteiger partial charge is 0.243 e. The van der Waals surface area contributed by atoms with Gasteiger partial charge in [0.2, 0.25) is 10.0 Å². The lowest BCUT2D eigenvalue weighted by Crippen LogP contribution is -2.50. The van der Waals surface area contributed by atoms with Crippen LogP contribution in [0.15, 0.2) is 35.5 Å². The number of H-pyrrole nitrogens is 1. The summed E-state index contributed by atoms with van der Waals surface area (Å²) in [4.78, 5) is 10.1. The van der Waals surface area contributed by atoms with Crippen LogP contribution >= 0.6 is 0 Å². The Balaban J connectivity index is 1.61. The van der Waals surface area contributed by atoms with Gasteiger partial charge < -0.3 is 9.72 Å². The molecule has 8 heteroatoms. The number of hydrogen-bond acceptors (Lipinski definition) is 5. The molecule has 4 rings (SSSR count). The Morgan fingerprint density at radius 3 is 2.92 bits per heavy atom. The summed E-state index contributed by atoms with van der Waals surface area (Å²) in [5, 5.41) is 0. The molecular weight excluding hydrogens is 352 g/mol. The fourth-order valence-corrected chi connectivity index (χ4v) is 5.31. The van der Waals surface area contributed by atoms with Crippen LogP contribution in [-0.2, 0) is 16.4 Å². The third-order valence-electron chi connectivity index (χ3n) is 5.20. The van der Waals surface area contributed by atoms with E-state index in [1.54, 1.807) is 34.9 Å². The molecule has 0 radical (unpaired) electrons. The predicted octanol–water partition coefficient (Wildman–Crippen LogP) is 1.80. The van der Waals surface area contributed by atoms with Gasteiger partial charge in [-0.2, -0.15) is 4.31 Å². The first-order valence-electron chi connectivity index (χ1n) is 9.02. The summed E-state index contributed by atoms with van der Waals surface area (Å²) in [5.74, 6) is 1.60. The van der Waals surface area contributed by atoms with E-state index in [2.05, 4.69) is 21.8 Å². The van der Waals surface area contributed by atoms with Gasteiger partial charge in [-0.25, -0.2) is 13.4 Å². The number of imidazole rings is 1. The van der Waals surface area contributed by atoms with Crippen LogP contribution in [0.25, 0.3) is 0 Å². The highest BCUT2D eigenvalue weighted by atomic mass is 32.2. The van der Waals surface area contributed by atoms with Crippen molar-refractivity contribution in [2.24, 2.45) is 0 Å². The number of likely N-dealkylation sites (N-methyl/N-ethyl adjacent to an activating group) is 1. The molecule has 1 aromatic heterocycles. The maximum Gasteiger partial charge on any atom is 0.243 e. The van der Waals surface area contributed by atoms with Crippen molar-refractivity contribution in [3.63, 3.8) is 0 Å². The Labute approximate surface area is 154 Å². The fraction of sp³-hybridized carbons (Fsp3) is 0.500. The molecule has 0 bridgehead atoms. The van der Waals surface area contributed by atoms with Crippen molar-refractivity contribution in [2.45, 2.75) is 37.3 Å². The minimum atomic E-state index is -3.55. The fourth-order valence-electron chi connectivity index (χ4n) is 3.82. The van der Waals surface area contributed by atoms with Gasteiger partial charge in [-0.1, -0.05) is 6.92 Å². The van der Waals surface area contributed by atoms with Gasteiger partial charge in [-0.15, -0.1) is 0 Å². The van der Waals surface area contributed by atoms with Crippen molar-refractivity contribution in [2.75, 3.05) is 26.2 Å². The molecule has 3 heterocycles. The number of hydrogen-bond donors (Lipinski definition) is 1. The normalized spacial score (nSPS) is 24.4. The van der Waals surface area contributed by atoms with Gasteiger partial charge in [0.25, 0.3) is 0 Å². The number of sulfonamides is 1. The molecule has 1 N–H and O–H groups in total. The second-order valence-electron chi connectivity index (χ2n) is 6.88. The summed E-state index contributed by atoms with van der Waals surface area (Å²) in [6.45, 7) is 6.50. The van der Waals surface area contributed by atoms with Crippen LogP contribution in [0.1, 0.15) is 31.3 Å². The van der Waals surface area contributed by atoms with Crippen molar-refractivity contribution in [3.05, 3.63) is 42.0 Å². The Morgan fingerprint density at radius 1 is 1.35 bits per heavy atom. The summed E-state index contributed by atoms with van der Waals surface area (Å²) in [6, 6.07) is 5.14. The number of aromatic nitrogens is 2. The van der Waals surface area contributed by atoms with Gasteiger partial charge in [-0.05, 0) is 37.2 Å². The molecule has 0 amide bonds. The maximum atomic E-state index is 13.2. The summed E-state index contributed by atoms with van der Waals surface area (Å²) in [6.07, 6.45) is 4.33. The van der Waals surface area contributed by atoms with Crippen LogP contribution in [0.4, 0.5) is 0 Å². The number of aromatic amines is 1. The van der Waals surface area contributed by atoms with E-state index in [-0.39, 0.29) is 12.1 Å². The highest BCUT2D eigenvalue weighted by Crippen LogP contribution is 2.33. The Hall–Kier alpha value is -1.90. The van der Waals surface area contributed by atoms with E-state index >= 15 is 0 Å². The molecule has 1 fully saturated rings. The molecule has 140 valence electrons. The van der Waals surface area contributed by atoms with Crippen LogP contribution in [-0.4, -0.2) is 59.9 Å². The standard InChI is InChI=1S/C18H24N4O3S/c1-3-21-8-9-22(12-16(21)18-19-6-7-20-18)26(23,24)15-4-5-17-14(11-15)10-13(2)25-17/h4-7,11,13,16H,3,8-10,12H2,1-2H3,(H,19,20)/t13-,16+/m1/s1. The largest absolute Gasteiger partial charge is 0.490 e. The van der Waals surface area contributed by atoms with Crippen LogP contribution in [0.2, 0.25) is 0 Å². The Kier molecular flexibility index (Phi) is 4.50. The molecule has 26 heavy (non-hydrogen) atoms. The summed E-state index contributed by atoms with van der Waals surface area (Å²) >= 11 is 0. The molecular formula is C18H24N4O3S. The highest BCUT2D eigenvalue weighted by molar-refractivity contribution is 7.89. The Bertz CT molecular complexity index is 882. The number of rotatable bonds is 4. The lowest BCUT2D eigenvalue weighted by Gasteiger charge is -2.39. The van der Waals surface area contributed by atoms with Crippen molar-refractivity contribution in [3.8, 4) is 5.75 Å². The number of nitrogens with one attached hydrogen (secondary N) is 1. The molecule has 1 aromatic carbocycles. The first-order valence-corrected chi connectivity index (χ1v) is 10.5. The zero-order valence-corrected chi connectivity index (χ0v) is 15.9. The molecule has 2 aliphatic rings. The van der Waals surface area contributed by atoms with E-state index in [0.29, 0.717) is 24.5 Å².